The van der Waals surface area contributed by atoms with Crippen molar-refractivity contribution in [1.29, 1.82) is 5.41 Å². The van der Waals surface area contributed by atoms with Crippen molar-refractivity contribution in [2.24, 2.45) is 10.1 Å². The average Bonchev–Trinajstić information content (AvgIpc) is 3.34. The van der Waals surface area contributed by atoms with Gasteiger partial charge in [0.15, 0.2) is 5.84 Å². The van der Waals surface area contributed by atoms with E-state index in [1.165, 1.54) is 22.8 Å². The van der Waals surface area contributed by atoms with Crippen LogP contribution in [0.15, 0.2) is 64.2 Å². The van der Waals surface area contributed by atoms with Crippen molar-refractivity contribution >= 4 is 51.4 Å². The van der Waals surface area contributed by atoms with Crippen molar-refractivity contribution in [3.63, 3.8) is 0 Å². The minimum atomic E-state index is -0.487. The SMILES string of the molecule is Cc1cccc(C2=NN3C(=N)/C(=C/c4cc(C)n(-c5ccc(F)c(Cl)c5)c4C)C(=O)N=C3S2)c1. The van der Waals surface area contributed by atoms with Gasteiger partial charge in [-0.25, -0.2) is 4.39 Å². The highest BCUT2D eigenvalue weighted by Crippen LogP contribution is 2.32. The molecule has 0 bridgehead atoms. The summed E-state index contributed by atoms with van der Waals surface area (Å²) in [7, 11) is 0. The number of amides is 1. The molecule has 170 valence electrons. The van der Waals surface area contributed by atoms with E-state index < -0.39 is 11.7 Å². The Hall–Kier alpha value is -3.49. The van der Waals surface area contributed by atoms with Crippen LogP contribution in [-0.2, 0) is 4.79 Å². The Morgan fingerprint density at radius 2 is 1.91 bits per heavy atom. The lowest BCUT2D eigenvalue weighted by Crippen LogP contribution is -2.35. The number of hydrazone groups is 1. The van der Waals surface area contributed by atoms with Crippen molar-refractivity contribution in [2.45, 2.75) is 20.8 Å². The van der Waals surface area contributed by atoms with Gasteiger partial charge in [0.2, 0.25) is 5.17 Å². The van der Waals surface area contributed by atoms with Gasteiger partial charge in [0, 0.05) is 22.6 Å². The number of amidine groups is 2. The van der Waals surface area contributed by atoms with Gasteiger partial charge in [-0.3, -0.25) is 10.2 Å². The lowest BCUT2D eigenvalue weighted by Gasteiger charge is -2.20. The van der Waals surface area contributed by atoms with Crippen LogP contribution in [0.5, 0.6) is 0 Å². The molecular weight excluding hydrogens is 473 g/mol. The Balaban J connectivity index is 1.51. The Kier molecular flexibility index (Phi) is 5.50. The third kappa shape index (κ3) is 3.78. The largest absolute Gasteiger partial charge is 0.318 e. The van der Waals surface area contributed by atoms with Gasteiger partial charge < -0.3 is 4.57 Å². The molecule has 0 radical (unpaired) electrons. The first-order valence-electron chi connectivity index (χ1n) is 10.4. The van der Waals surface area contributed by atoms with E-state index in [-0.39, 0.29) is 16.4 Å². The number of benzene rings is 2. The number of nitrogens with zero attached hydrogens (tertiary/aromatic N) is 4. The number of thioether (sulfide) groups is 1. The van der Waals surface area contributed by atoms with Gasteiger partial charge >= 0.3 is 0 Å². The van der Waals surface area contributed by atoms with Crippen LogP contribution in [0.1, 0.15) is 28.1 Å². The number of hydrogen-bond acceptors (Lipinski definition) is 4. The molecule has 0 unspecified atom stereocenters. The summed E-state index contributed by atoms with van der Waals surface area (Å²) in [5.74, 6) is -1.00. The number of rotatable bonds is 3. The molecule has 1 aromatic heterocycles. The van der Waals surface area contributed by atoms with Crippen LogP contribution in [0.25, 0.3) is 11.8 Å². The van der Waals surface area contributed by atoms with E-state index in [1.54, 1.807) is 18.2 Å². The quantitative estimate of drug-likeness (QED) is 0.466. The molecule has 2 aliphatic rings. The monoisotopic (exact) mass is 491 g/mol. The van der Waals surface area contributed by atoms with Gasteiger partial charge in [0.1, 0.15) is 10.9 Å². The first kappa shape index (κ1) is 22.3. The first-order chi connectivity index (χ1) is 16.2. The summed E-state index contributed by atoms with van der Waals surface area (Å²) in [6.07, 6.45) is 1.65. The zero-order valence-corrected chi connectivity index (χ0v) is 20.1. The van der Waals surface area contributed by atoms with Gasteiger partial charge in [-0.15, -0.1) is 0 Å². The molecule has 1 N–H and O–H groups in total. The highest BCUT2D eigenvalue weighted by molar-refractivity contribution is 8.27. The highest BCUT2D eigenvalue weighted by atomic mass is 35.5. The van der Waals surface area contributed by atoms with Crippen LogP contribution in [-0.4, -0.2) is 31.5 Å². The number of carbonyl (C=O) groups is 1. The lowest BCUT2D eigenvalue weighted by atomic mass is 10.1. The van der Waals surface area contributed by atoms with E-state index in [0.717, 1.165) is 28.1 Å². The number of carbonyl (C=O) groups excluding carboxylic acids is 1. The van der Waals surface area contributed by atoms with Crippen LogP contribution in [0, 0.1) is 32.0 Å². The van der Waals surface area contributed by atoms with Gasteiger partial charge in [0.05, 0.1) is 10.6 Å². The third-order valence-electron chi connectivity index (χ3n) is 5.65. The molecular formula is C25H19ClFN5OS. The van der Waals surface area contributed by atoms with Crippen LogP contribution in [0.3, 0.4) is 0 Å². The predicted molar refractivity (Wildman–Crippen MR) is 136 cm³/mol. The third-order valence-corrected chi connectivity index (χ3v) is 6.90. The van der Waals surface area contributed by atoms with E-state index in [4.69, 9.17) is 17.0 Å². The van der Waals surface area contributed by atoms with E-state index in [1.807, 2.05) is 55.7 Å². The van der Waals surface area contributed by atoms with Gasteiger partial charge in [0.25, 0.3) is 5.91 Å². The zero-order valence-electron chi connectivity index (χ0n) is 18.6. The molecule has 5 rings (SSSR count). The summed E-state index contributed by atoms with van der Waals surface area (Å²) in [4.78, 5) is 17.0. The van der Waals surface area contributed by atoms with Gasteiger partial charge in [-0.1, -0.05) is 35.4 Å². The minimum absolute atomic E-state index is 0.0280. The number of nitrogens with one attached hydrogen (secondary N) is 1. The summed E-state index contributed by atoms with van der Waals surface area (Å²) in [6, 6.07) is 14.3. The predicted octanol–water partition coefficient (Wildman–Crippen LogP) is 5.86. The van der Waals surface area contributed by atoms with E-state index in [0.29, 0.717) is 15.9 Å². The highest BCUT2D eigenvalue weighted by Gasteiger charge is 2.36. The first-order valence-corrected chi connectivity index (χ1v) is 11.6. The molecule has 6 nitrogen and oxygen atoms in total. The summed E-state index contributed by atoms with van der Waals surface area (Å²) < 4.78 is 15.6. The Bertz CT molecular complexity index is 1490. The normalized spacial score (nSPS) is 16.7. The molecule has 2 aromatic carbocycles. The molecule has 3 aromatic rings. The number of halogens is 2. The fraction of sp³-hybridized carbons (Fsp3) is 0.120. The van der Waals surface area contributed by atoms with E-state index in [2.05, 4.69) is 10.1 Å². The number of aryl methyl sites for hydroxylation is 2. The van der Waals surface area contributed by atoms with Crippen molar-refractivity contribution < 1.29 is 9.18 Å². The number of aliphatic imine (C=N–C) groups is 1. The van der Waals surface area contributed by atoms with Crippen LogP contribution < -0.4 is 0 Å². The topological polar surface area (TPSA) is 73.8 Å². The van der Waals surface area contributed by atoms with Gasteiger partial charge in [-0.2, -0.15) is 15.1 Å². The van der Waals surface area contributed by atoms with Crippen LogP contribution in [0.2, 0.25) is 5.02 Å². The second-order valence-corrected chi connectivity index (χ2v) is 9.42. The lowest BCUT2D eigenvalue weighted by molar-refractivity contribution is -0.114. The number of hydrogen-bond donors (Lipinski definition) is 1. The summed E-state index contributed by atoms with van der Waals surface area (Å²) in [5, 5.41) is 15.7. The van der Waals surface area contributed by atoms with Crippen LogP contribution >= 0.6 is 23.4 Å². The molecule has 0 saturated heterocycles. The molecule has 1 amide bonds. The molecule has 0 atom stereocenters. The molecule has 34 heavy (non-hydrogen) atoms. The number of fused-ring (bicyclic) bond motifs is 1. The molecule has 2 aliphatic heterocycles. The summed E-state index contributed by atoms with van der Waals surface area (Å²) in [6.45, 7) is 5.80. The minimum Gasteiger partial charge on any atom is -0.318 e. The summed E-state index contributed by atoms with van der Waals surface area (Å²) in [5.41, 5.74) is 5.31. The van der Waals surface area contributed by atoms with E-state index in [9.17, 15) is 9.18 Å². The standard InChI is InChI=1S/C25H19ClFN5OS/c1-13-5-4-6-16(9-13)24-30-32-22(28)19(23(33)29-25(32)34-24)11-17-10-14(2)31(15(17)3)18-7-8-21(27)20(26)12-18/h4-12,28H,1-3H3/b19-11-,28-22?. The number of aromatic nitrogens is 1. The average molecular weight is 492 g/mol. The zero-order chi connectivity index (χ0) is 24.1. The Morgan fingerprint density at radius 1 is 1.12 bits per heavy atom. The maximum atomic E-state index is 13.6. The second-order valence-electron chi connectivity index (χ2n) is 8.05. The molecule has 0 saturated carbocycles. The Morgan fingerprint density at radius 3 is 2.65 bits per heavy atom. The fourth-order valence-electron chi connectivity index (χ4n) is 4.00. The van der Waals surface area contributed by atoms with Crippen molar-refractivity contribution in [2.75, 3.05) is 0 Å². The molecule has 0 aliphatic carbocycles. The van der Waals surface area contributed by atoms with E-state index >= 15 is 0 Å². The fourth-order valence-corrected chi connectivity index (χ4v) is 5.06. The van der Waals surface area contributed by atoms with Crippen molar-refractivity contribution in [1.82, 2.24) is 9.58 Å². The second kappa shape index (κ2) is 8.38. The molecule has 0 spiro atoms. The maximum absolute atomic E-state index is 13.6. The molecule has 0 fully saturated rings. The van der Waals surface area contributed by atoms with Crippen LogP contribution in [0.4, 0.5) is 4.39 Å². The molecule has 9 heteroatoms. The Labute approximate surface area is 205 Å². The van der Waals surface area contributed by atoms with Gasteiger partial charge in [-0.05, 0) is 74.5 Å². The maximum Gasteiger partial charge on any atom is 0.283 e. The smallest absolute Gasteiger partial charge is 0.283 e. The molecule has 3 heterocycles. The van der Waals surface area contributed by atoms with Crippen molar-refractivity contribution in [3.8, 4) is 5.69 Å². The van der Waals surface area contributed by atoms with Crippen molar-refractivity contribution in [3.05, 3.63) is 93.0 Å². The summed E-state index contributed by atoms with van der Waals surface area (Å²) >= 11 is 7.25.